The van der Waals surface area contributed by atoms with E-state index in [1.807, 2.05) is 31.2 Å². The van der Waals surface area contributed by atoms with Crippen LogP contribution in [0, 0.1) is 6.92 Å². The van der Waals surface area contributed by atoms with Gasteiger partial charge in [-0.05, 0) is 38.1 Å². The molecular weight excluding hydrogens is 280 g/mol. The summed E-state index contributed by atoms with van der Waals surface area (Å²) in [5.74, 6) is 1.11. The molecule has 2 rings (SSSR count). The highest BCUT2D eigenvalue weighted by Crippen LogP contribution is 2.18. The maximum Gasteiger partial charge on any atom is 0.163 e. The zero-order chi connectivity index (χ0) is 15.9. The summed E-state index contributed by atoms with van der Waals surface area (Å²) in [5.41, 5.74) is 1.66. The molecule has 0 aliphatic carbocycles. The van der Waals surface area contributed by atoms with Crippen LogP contribution in [0.25, 0.3) is 0 Å². The second-order valence-corrected chi connectivity index (χ2v) is 5.14. The first kappa shape index (κ1) is 16.0. The Morgan fingerprint density at radius 2 is 1.68 bits per heavy atom. The molecule has 0 radical (unpaired) electrons. The highest BCUT2D eigenvalue weighted by molar-refractivity contribution is 5.96. The zero-order valence-corrected chi connectivity index (χ0v) is 12.8. The molecule has 22 heavy (non-hydrogen) atoms. The molecule has 0 fully saturated rings. The lowest BCUT2D eigenvalue weighted by atomic mass is 10.1. The highest BCUT2D eigenvalue weighted by Gasteiger charge is 2.11. The van der Waals surface area contributed by atoms with Crippen molar-refractivity contribution in [2.75, 3.05) is 13.2 Å². The van der Waals surface area contributed by atoms with Crippen LogP contribution in [-0.2, 0) is 0 Å². The summed E-state index contributed by atoms with van der Waals surface area (Å²) in [4.78, 5) is 11.5. The van der Waals surface area contributed by atoms with Crippen LogP contribution in [0.1, 0.15) is 22.8 Å². The van der Waals surface area contributed by atoms with E-state index in [2.05, 4.69) is 0 Å². The van der Waals surface area contributed by atoms with E-state index < -0.39 is 6.10 Å². The van der Waals surface area contributed by atoms with Crippen molar-refractivity contribution in [3.8, 4) is 11.5 Å². The number of aliphatic hydroxyl groups is 1. The molecule has 1 atom stereocenters. The van der Waals surface area contributed by atoms with Crippen LogP contribution < -0.4 is 9.47 Å². The van der Waals surface area contributed by atoms with Crippen molar-refractivity contribution >= 4 is 5.78 Å². The molecule has 0 aliphatic heterocycles. The Hall–Kier alpha value is -2.33. The molecule has 0 aliphatic rings. The van der Waals surface area contributed by atoms with Crippen molar-refractivity contribution < 1.29 is 19.4 Å². The second-order valence-electron chi connectivity index (χ2n) is 5.14. The number of para-hydroxylation sites is 1. The predicted molar refractivity (Wildman–Crippen MR) is 84.6 cm³/mol. The number of carbonyl (C=O) groups is 1. The number of rotatable bonds is 7. The van der Waals surface area contributed by atoms with Gasteiger partial charge >= 0.3 is 0 Å². The van der Waals surface area contributed by atoms with Gasteiger partial charge in [0.15, 0.2) is 5.78 Å². The SMILES string of the molecule is CC(=O)c1ccccc1OCC(O)COc1ccc(C)cc1. The van der Waals surface area contributed by atoms with E-state index in [0.29, 0.717) is 17.1 Å². The fourth-order valence-corrected chi connectivity index (χ4v) is 1.94. The van der Waals surface area contributed by atoms with Gasteiger partial charge in [-0.1, -0.05) is 29.8 Å². The summed E-state index contributed by atoms with van der Waals surface area (Å²) in [6.45, 7) is 3.68. The average Bonchev–Trinajstić information content (AvgIpc) is 2.52. The van der Waals surface area contributed by atoms with Gasteiger partial charge in [0, 0.05) is 0 Å². The van der Waals surface area contributed by atoms with Crippen molar-refractivity contribution in [3.05, 3.63) is 59.7 Å². The molecular formula is C18H20O4. The Bertz CT molecular complexity index is 619. The number of Topliss-reactive ketones (excluding diaryl/α,β-unsaturated/α-hetero) is 1. The van der Waals surface area contributed by atoms with Gasteiger partial charge in [0.25, 0.3) is 0 Å². The molecule has 1 unspecified atom stereocenters. The minimum Gasteiger partial charge on any atom is -0.491 e. The molecule has 0 bridgehead atoms. The average molecular weight is 300 g/mol. The van der Waals surface area contributed by atoms with E-state index in [1.54, 1.807) is 24.3 Å². The zero-order valence-electron chi connectivity index (χ0n) is 12.8. The number of ether oxygens (including phenoxy) is 2. The van der Waals surface area contributed by atoms with Crippen molar-refractivity contribution in [2.45, 2.75) is 20.0 Å². The third kappa shape index (κ3) is 4.60. The van der Waals surface area contributed by atoms with Crippen LogP contribution >= 0.6 is 0 Å². The topological polar surface area (TPSA) is 55.8 Å². The largest absolute Gasteiger partial charge is 0.491 e. The van der Waals surface area contributed by atoms with E-state index in [-0.39, 0.29) is 19.0 Å². The maximum atomic E-state index is 11.5. The standard InChI is InChI=1S/C18H20O4/c1-13-7-9-16(10-8-13)21-11-15(20)12-22-18-6-4-3-5-17(18)14(2)19/h3-10,15,20H,11-12H2,1-2H3. The Balaban J connectivity index is 1.84. The van der Waals surface area contributed by atoms with Crippen LogP contribution in [0.4, 0.5) is 0 Å². The van der Waals surface area contributed by atoms with Gasteiger partial charge in [-0.3, -0.25) is 4.79 Å². The number of benzene rings is 2. The number of carbonyl (C=O) groups excluding carboxylic acids is 1. The van der Waals surface area contributed by atoms with Crippen LogP contribution in [0.3, 0.4) is 0 Å². The third-order valence-electron chi connectivity index (χ3n) is 3.16. The van der Waals surface area contributed by atoms with E-state index >= 15 is 0 Å². The minimum absolute atomic E-state index is 0.0656. The number of aliphatic hydroxyl groups excluding tert-OH is 1. The van der Waals surface area contributed by atoms with Gasteiger partial charge in [-0.2, -0.15) is 0 Å². The molecule has 4 nitrogen and oxygen atoms in total. The first-order valence-electron chi connectivity index (χ1n) is 7.16. The third-order valence-corrected chi connectivity index (χ3v) is 3.16. The summed E-state index contributed by atoms with van der Waals surface area (Å²) in [5, 5.41) is 9.92. The van der Waals surface area contributed by atoms with Crippen LogP contribution in [-0.4, -0.2) is 30.2 Å². The smallest absolute Gasteiger partial charge is 0.163 e. The van der Waals surface area contributed by atoms with Gasteiger partial charge in [0.05, 0.1) is 5.56 Å². The maximum absolute atomic E-state index is 11.5. The lowest BCUT2D eigenvalue weighted by molar-refractivity contribution is 0.0620. The van der Waals surface area contributed by atoms with Gasteiger partial charge < -0.3 is 14.6 Å². The van der Waals surface area contributed by atoms with Crippen LogP contribution in [0.5, 0.6) is 11.5 Å². The van der Waals surface area contributed by atoms with Crippen LogP contribution in [0.15, 0.2) is 48.5 Å². The van der Waals surface area contributed by atoms with Gasteiger partial charge in [0.2, 0.25) is 0 Å². The summed E-state index contributed by atoms with van der Waals surface area (Å²) in [6.07, 6.45) is -0.777. The van der Waals surface area contributed by atoms with Gasteiger partial charge in [-0.15, -0.1) is 0 Å². The first-order chi connectivity index (χ1) is 10.6. The Labute approximate surface area is 130 Å². The normalized spacial score (nSPS) is 11.8. The van der Waals surface area contributed by atoms with Gasteiger partial charge in [0.1, 0.15) is 30.8 Å². The summed E-state index contributed by atoms with van der Waals surface area (Å²) >= 11 is 0. The van der Waals surface area contributed by atoms with Crippen molar-refractivity contribution in [2.24, 2.45) is 0 Å². The fourth-order valence-electron chi connectivity index (χ4n) is 1.94. The van der Waals surface area contributed by atoms with Crippen molar-refractivity contribution in [3.63, 3.8) is 0 Å². The lowest BCUT2D eigenvalue weighted by Crippen LogP contribution is -2.25. The summed E-state index contributed by atoms with van der Waals surface area (Å²) in [6, 6.07) is 14.6. The molecule has 2 aromatic carbocycles. The van der Waals surface area contributed by atoms with Gasteiger partial charge in [-0.25, -0.2) is 0 Å². The molecule has 116 valence electrons. The van der Waals surface area contributed by atoms with E-state index in [1.165, 1.54) is 6.92 Å². The van der Waals surface area contributed by atoms with E-state index in [4.69, 9.17) is 9.47 Å². The molecule has 0 saturated heterocycles. The van der Waals surface area contributed by atoms with Crippen molar-refractivity contribution in [1.82, 2.24) is 0 Å². The first-order valence-corrected chi connectivity index (χ1v) is 7.16. The summed E-state index contributed by atoms with van der Waals surface area (Å²) in [7, 11) is 0. The molecule has 0 saturated carbocycles. The fraction of sp³-hybridized carbons (Fsp3) is 0.278. The summed E-state index contributed by atoms with van der Waals surface area (Å²) < 4.78 is 11.0. The molecule has 2 aromatic rings. The Morgan fingerprint density at radius 1 is 1.05 bits per heavy atom. The Morgan fingerprint density at radius 3 is 2.36 bits per heavy atom. The number of ketones is 1. The molecule has 1 N–H and O–H groups in total. The van der Waals surface area contributed by atoms with Crippen molar-refractivity contribution in [1.29, 1.82) is 0 Å². The lowest BCUT2D eigenvalue weighted by Gasteiger charge is -2.15. The van der Waals surface area contributed by atoms with Crippen LogP contribution in [0.2, 0.25) is 0 Å². The molecule has 4 heteroatoms. The highest BCUT2D eigenvalue weighted by atomic mass is 16.5. The minimum atomic E-state index is -0.777. The Kier molecular flexibility index (Phi) is 5.55. The number of hydrogen-bond donors (Lipinski definition) is 1. The predicted octanol–water partition coefficient (Wildman–Crippen LogP) is 3.02. The monoisotopic (exact) mass is 300 g/mol. The second kappa shape index (κ2) is 7.61. The molecule has 0 amide bonds. The number of aryl methyl sites for hydroxylation is 1. The molecule has 0 aromatic heterocycles. The number of hydrogen-bond acceptors (Lipinski definition) is 4. The quantitative estimate of drug-likeness (QED) is 0.799. The van der Waals surface area contributed by atoms with E-state index in [9.17, 15) is 9.90 Å². The molecule has 0 heterocycles. The molecule has 0 spiro atoms. The van der Waals surface area contributed by atoms with E-state index in [0.717, 1.165) is 5.56 Å².